The van der Waals surface area contributed by atoms with Gasteiger partial charge in [0.15, 0.2) is 0 Å². The molecule has 0 fully saturated rings. The van der Waals surface area contributed by atoms with E-state index >= 15 is 0 Å². The number of allylic oxidation sites excluding steroid dienone is 1. The van der Waals surface area contributed by atoms with Crippen molar-refractivity contribution in [1.82, 2.24) is 4.57 Å². The van der Waals surface area contributed by atoms with Gasteiger partial charge in [0.05, 0.1) is 11.4 Å². The Morgan fingerprint density at radius 3 is 2.56 bits per heavy atom. The molecule has 0 bridgehead atoms. The first-order chi connectivity index (χ1) is 12.0. The first-order valence-corrected chi connectivity index (χ1v) is 8.36. The van der Waals surface area contributed by atoms with Crippen LogP contribution in [-0.4, -0.2) is 4.57 Å². The van der Waals surface area contributed by atoms with Crippen molar-refractivity contribution in [3.63, 3.8) is 0 Å². The van der Waals surface area contributed by atoms with Crippen molar-refractivity contribution < 1.29 is 4.74 Å². The molecule has 1 aliphatic rings. The number of nitrogens with two attached hydrogens (primary N) is 1. The molecule has 2 heterocycles. The lowest BCUT2D eigenvalue weighted by Gasteiger charge is -2.27. The highest BCUT2D eigenvalue weighted by molar-refractivity contribution is 6.34. The molecule has 124 valence electrons. The Morgan fingerprint density at radius 2 is 1.88 bits per heavy atom. The molecule has 1 aromatic heterocycles. The lowest BCUT2D eigenvalue weighted by atomic mass is 9.83. The van der Waals surface area contributed by atoms with Crippen LogP contribution in [0.1, 0.15) is 17.0 Å². The summed E-state index contributed by atoms with van der Waals surface area (Å²) in [6.07, 6.45) is 1.96. The van der Waals surface area contributed by atoms with Crippen molar-refractivity contribution >= 4 is 34.1 Å². The Morgan fingerprint density at radius 1 is 1.16 bits per heavy atom. The summed E-state index contributed by atoms with van der Waals surface area (Å²) in [6, 6.07) is 13.4. The number of rotatable bonds is 1. The molecule has 0 radical (unpaired) electrons. The molecule has 2 aromatic carbocycles. The zero-order chi connectivity index (χ0) is 17.7. The maximum atomic E-state index is 9.64. The SMILES string of the molecule is Cn1ccc2c3c(ccc21)C(c1cc(Cl)cc(Cl)c1)C(C#N)=C(N)O3. The molecule has 3 aromatic rings. The quantitative estimate of drug-likeness (QED) is 0.675. The van der Waals surface area contributed by atoms with Crippen LogP contribution >= 0.6 is 23.2 Å². The molecule has 6 heteroatoms. The third-order valence-electron chi connectivity index (χ3n) is 4.46. The number of halogens is 2. The molecule has 1 aliphatic heterocycles. The lowest BCUT2D eigenvalue weighted by Crippen LogP contribution is -2.21. The molecule has 2 N–H and O–H groups in total. The topological polar surface area (TPSA) is 64.0 Å². The highest BCUT2D eigenvalue weighted by Crippen LogP contribution is 2.46. The third-order valence-corrected chi connectivity index (χ3v) is 4.90. The van der Waals surface area contributed by atoms with Gasteiger partial charge < -0.3 is 15.0 Å². The van der Waals surface area contributed by atoms with Crippen molar-refractivity contribution in [1.29, 1.82) is 5.26 Å². The Balaban J connectivity index is 2.03. The number of hydrogen-bond donors (Lipinski definition) is 1. The van der Waals surface area contributed by atoms with E-state index in [-0.39, 0.29) is 11.8 Å². The summed E-state index contributed by atoms with van der Waals surface area (Å²) in [7, 11) is 1.96. The van der Waals surface area contributed by atoms with Crippen molar-refractivity contribution in [2.45, 2.75) is 5.92 Å². The van der Waals surface area contributed by atoms with E-state index in [4.69, 9.17) is 33.7 Å². The predicted molar refractivity (Wildman–Crippen MR) is 98.7 cm³/mol. The minimum absolute atomic E-state index is 0.104. The fourth-order valence-electron chi connectivity index (χ4n) is 3.35. The first-order valence-electron chi connectivity index (χ1n) is 7.61. The van der Waals surface area contributed by atoms with Gasteiger partial charge in [-0.15, -0.1) is 0 Å². The average molecular weight is 370 g/mol. The largest absolute Gasteiger partial charge is 0.439 e. The molecule has 0 saturated carbocycles. The monoisotopic (exact) mass is 369 g/mol. The summed E-state index contributed by atoms with van der Waals surface area (Å²) in [4.78, 5) is 0. The second-order valence-electron chi connectivity index (χ2n) is 5.97. The van der Waals surface area contributed by atoms with Crippen molar-refractivity contribution in [3.05, 3.63) is 75.2 Å². The summed E-state index contributed by atoms with van der Waals surface area (Å²) in [6.45, 7) is 0. The lowest BCUT2D eigenvalue weighted by molar-refractivity contribution is 0.398. The van der Waals surface area contributed by atoms with Gasteiger partial charge in [-0.3, -0.25) is 0 Å². The van der Waals surface area contributed by atoms with Crippen LogP contribution in [-0.2, 0) is 7.05 Å². The number of hydrogen-bond acceptors (Lipinski definition) is 3. The van der Waals surface area contributed by atoms with Crippen molar-refractivity contribution in [3.8, 4) is 11.8 Å². The number of nitriles is 1. The second-order valence-corrected chi connectivity index (χ2v) is 6.84. The van der Waals surface area contributed by atoms with Crippen LogP contribution in [0.25, 0.3) is 10.9 Å². The summed E-state index contributed by atoms with van der Waals surface area (Å²) in [5.74, 6) is 0.387. The zero-order valence-electron chi connectivity index (χ0n) is 13.3. The van der Waals surface area contributed by atoms with E-state index < -0.39 is 0 Å². The van der Waals surface area contributed by atoms with Gasteiger partial charge in [0.25, 0.3) is 0 Å². The summed E-state index contributed by atoms with van der Waals surface area (Å²) in [5.41, 5.74) is 9.11. The molecule has 25 heavy (non-hydrogen) atoms. The maximum absolute atomic E-state index is 9.64. The van der Waals surface area contributed by atoms with Crippen LogP contribution in [0.15, 0.2) is 54.1 Å². The molecular weight excluding hydrogens is 357 g/mol. The molecular formula is C19H13Cl2N3O. The molecule has 0 spiro atoms. The molecule has 0 aliphatic carbocycles. The van der Waals surface area contributed by atoms with Crippen molar-refractivity contribution in [2.24, 2.45) is 12.8 Å². The predicted octanol–water partition coefficient (Wildman–Crippen LogP) is 4.70. The number of fused-ring (bicyclic) bond motifs is 3. The van der Waals surface area contributed by atoms with Crippen LogP contribution in [0.2, 0.25) is 10.0 Å². The summed E-state index contributed by atoms with van der Waals surface area (Å²) >= 11 is 12.3. The minimum Gasteiger partial charge on any atom is -0.439 e. The molecule has 0 saturated heterocycles. The minimum atomic E-state index is -0.380. The fraction of sp³-hybridized carbons (Fsp3) is 0.105. The van der Waals surface area contributed by atoms with Gasteiger partial charge in [0.2, 0.25) is 5.88 Å². The van der Waals surface area contributed by atoms with Gasteiger partial charge >= 0.3 is 0 Å². The van der Waals surface area contributed by atoms with Crippen LogP contribution in [0, 0.1) is 11.3 Å². The number of benzene rings is 2. The van der Waals surface area contributed by atoms with Crippen LogP contribution in [0.4, 0.5) is 0 Å². The molecule has 4 nitrogen and oxygen atoms in total. The summed E-state index contributed by atoms with van der Waals surface area (Å²) < 4.78 is 7.83. The van der Waals surface area contributed by atoms with Gasteiger partial charge in [-0.2, -0.15) is 5.26 Å². The molecule has 0 amide bonds. The van der Waals surface area contributed by atoms with E-state index in [9.17, 15) is 5.26 Å². The van der Waals surface area contributed by atoms with Gasteiger partial charge in [-0.25, -0.2) is 0 Å². The maximum Gasteiger partial charge on any atom is 0.205 e. The number of aryl methyl sites for hydroxylation is 1. The Hall–Kier alpha value is -2.61. The number of nitrogens with zero attached hydrogens (tertiary/aromatic N) is 2. The average Bonchev–Trinajstić information content (AvgIpc) is 2.94. The van der Waals surface area contributed by atoms with E-state index in [1.807, 2.05) is 36.0 Å². The van der Waals surface area contributed by atoms with Gasteiger partial charge in [0, 0.05) is 34.2 Å². The third kappa shape index (κ3) is 2.44. The fourth-order valence-corrected chi connectivity index (χ4v) is 3.90. The Bertz CT molecular complexity index is 1070. The second kappa shape index (κ2) is 5.73. The van der Waals surface area contributed by atoms with Crippen LogP contribution < -0.4 is 10.5 Å². The van der Waals surface area contributed by atoms with E-state index in [0.29, 0.717) is 21.4 Å². The highest BCUT2D eigenvalue weighted by atomic mass is 35.5. The van der Waals surface area contributed by atoms with Crippen LogP contribution in [0.5, 0.6) is 5.75 Å². The zero-order valence-corrected chi connectivity index (χ0v) is 14.8. The van der Waals surface area contributed by atoms with Gasteiger partial charge in [-0.05, 0) is 35.9 Å². The molecule has 1 unspecified atom stereocenters. The molecule has 1 atom stereocenters. The van der Waals surface area contributed by atoms with E-state index in [1.54, 1.807) is 18.2 Å². The van der Waals surface area contributed by atoms with Crippen LogP contribution in [0.3, 0.4) is 0 Å². The highest BCUT2D eigenvalue weighted by Gasteiger charge is 2.32. The Labute approximate surface area is 154 Å². The number of ether oxygens (including phenoxy) is 1. The first kappa shape index (κ1) is 15.9. The smallest absolute Gasteiger partial charge is 0.205 e. The Kier molecular flexibility index (Phi) is 3.64. The summed E-state index contributed by atoms with van der Waals surface area (Å²) in [5, 5.41) is 11.6. The normalized spacial score (nSPS) is 16.5. The van der Waals surface area contributed by atoms with Crippen molar-refractivity contribution in [2.75, 3.05) is 0 Å². The number of aromatic nitrogens is 1. The molecule has 4 rings (SSSR count). The van der Waals surface area contributed by atoms with E-state index in [2.05, 4.69) is 6.07 Å². The van der Waals surface area contributed by atoms with Gasteiger partial charge in [-0.1, -0.05) is 29.3 Å². The van der Waals surface area contributed by atoms with E-state index in [1.165, 1.54) is 0 Å². The van der Waals surface area contributed by atoms with Gasteiger partial charge in [0.1, 0.15) is 17.4 Å². The van der Waals surface area contributed by atoms with E-state index in [0.717, 1.165) is 22.0 Å². The standard InChI is InChI=1S/C19H13Cl2N3O/c1-24-5-4-13-16(24)3-2-14-17(10-6-11(20)8-12(21)7-10)15(9-22)19(23)25-18(13)14/h2-8,17H,23H2,1H3.